The third-order valence-electron chi connectivity index (χ3n) is 5.03. The van der Waals surface area contributed by atoms with Gasteiger partial charge in [-0.25, -0.2) is 0 Å². The molecular formula is C21H33N3O2S. The molecule has 1 amide bonds. The first-order valence-electron chi connectivity index (χ1n) is 9.93. The Balaban J connectivity index is 1.54. The van der Waals surface area contributed by atoms with Crippen LogP contribution in [0.2, 0.25) is 0 Å². The summed E-state index contributed by atoms with van der Waals surface area (Å²) in [4.78, 5) is 19.3. The van der Waals surface area contributed by atoms with E-state index in [-0.39, 0.29) is 16.9 Å². The first-order chi connectivity index (χ1) is 12.8. The molecular weight excluding hydrogens is 358 g/mol. The topological polar surface area (TPSA) is 36.0 Å². The van der Waals surface area contributed by atoms with Crippen molar-refractivity contribution in [2.24, 2.45) is 0 Å². The van der Waals surface area contributed by atoms with E-state index >= 15 is 0 Å². The van der Waals surface area contributed by atoms with E-state index in [1.807, 2.05) is 12.1 Å². The minimum Gasteiger partial charge on any atom is -0.488 e. The number of nitrogens with zero attached hydrogens (tertiary/aromatic N) is 3. The molecule has 0 bridgehead atoms. The zero-order chi connectivity index (χ0) is 19.4. The van der Waals surface area contributed by atoms with Gasteiger partial charge in [-0.15, -0.1) is 11.8 Å². The van der Waals surface area contributed by atoms with Crippen molar-refractivity contribution in [1.29, 1.82) is 0 Å². The normalized spacial score (nSPS) is 22.4. The highest BCUT2D eigenvalue weighted by atomic mass is 32.2. The molecule has 2 heterocycles. The predicted molar refractivity (Wildman–Crippen MR) is 112 cm³/mol. The fraction of sp³-hybridized carbons (Fsp3) is 0.667. The van der Waals surface area contributed by atoms with Gasteiger partial charge < -0.3 is 19.4 Å². The van der Waals surface area contributed by atoms with Crippen LogP contribution in [0.3, 0.4) is 0 Å². The molecule has 1 unspecified atom stereocenters. The van der Waals surface area contributed by atoms with Crippen LogP contribution in [0.4, 0.5) is 0 Å². The maximum absolute atomic E-state index is 12.4. The molecule has 150 valence electrons. The number of amides is 1. The molecule has 2 fully saturated rings. The van der Waals surface area contributed by atoms with E-state index in [0.717, 1.165) is 51.4 Å². The Kier molecular flexibility index (Phi) is 6.71. The lowest BCUT2D eigenvalue weighted by Crippen LogP contribution is -2.45. The molecule has 1 aromatic carbocycles. The summed E-state index contributed by atoms with van der Waals surface area (Å²) in [5.74, 6) is 1.72. The van der Waals surface area contributed by atoms with Gasteiger partial charge in [-0.2, -0.15) is 0 Å². The van der Waals surface area contributed by atoms with Gasteiger partial charge in [-0.1, -0.05) is 12.1 Å². The van der Waals surface area contributed by atoms with Crippen LogP contribution in [0.5, 0.6) is 5.75 Å². The van der Waals surface area contributed by atoms with Gasteiger partial charge in [0.25, 0.3) is 0 Å². The van der Waals surface area contributed by atoms with Crippen molar-refractivity contribution in [3.63, 3.8) is 0 Å². The van der Waals surface area contributed by atoms with E-state index < -0.39 is 0 Å². The summed E-state index contributed by atoms with van der Waals surface area (Å²) < 4.78 is 5.91. The number of piperazine rings is 1. The largest absolute Gasteiger partial charge is 0.488 e. The SMILES string of the molecule is CN1CCN(CCCN2C(=O)CSC2c2ccc(OC(C)(C)C)cc2)CC1. The summed E-state index contributed by atoms with van der Waals surface area (Å²) in [6, 6.07) is 8.24. The summed E-state index contributed by atoms with van der Waals surface area (Å²) in [5.41, 5.74) is 0.987. The molecule has 2 aliphatic rings. The summed E-state index contributed by atoms with van der Waals surface area (Å²) >= 11 is 1.73. The van der Waals surface area contributed by atoms with Crippen LogP contribution in [0.15, 0.2) is 24.3 Å². The Morgan fingerprint density at radius 1 is 1.07 bits per heavy atom. The molecule has 0 saturated carbocycles. The van der Waals surface area contributed by atoms with Crippen LogP contribution in [0, 0.1) is 0 Å². The Hall–Kier alpha value is -1.24. The maximum atomic E-state index is 12.4. The Morgan fingerprint density at radius 3 is 2.37 bits per heavy atom. The minimum atomic E-state index is -0.200. The summed E-state index contributed by atoms with van der Waals surface area (Å²) in [6.45, 7) is 12.6. The molecule has 2 saturated heterocycles. The molecule has 6 heteroatoms. The lowest BCUT2D eigenvalue weighted by molar-refractivity contribution is -0.128. The Labute approximate surface area is 168 Å². The summed E-state index contributed by atoms with van der Waals surface area (Å²) in [7, 11) is 2.18. The number of benzene rings is 1. The van der Waals surface area contributed by atoms with E-state index in [1.165, 1.54) is 5.56 Å². The van der Waals surface area contributed by atoms with Crippen molar-refractivity contribution in [3.8, 4) is 5.75 Å². The molecule has 0 spiro atoms. The van der Waals surface area contributed by atoms with Gasteiger partial charge in [0, 0.05) is 32.7 Å². The van der Waals surface area contributed by atoms with Gasteiger partial charge >= 0.3 is 0 Å². The lowest BCUT2D eigenvalue weighted by atomic mass is 10.1. The van der Waals surface area contributed by atoms with Gasteiger partial charge in [0.05, 0.1) is 5.75 Å². The average molecular weight is 392 g/mol. The first kappa shape index (κ1) is 20.5. The second-order valence-corrected chi connectivity index (χ2v) is 9.60. The third-order valence-corrected chi connectivity index (χ3v) is 6.28. The van der Waals surface area contributed by atoms with Crippen molar-refractivity contribution in [3.05, 3.63) is 29.8 Å². The quantitative estimate of drug-likeness (QED) is 0.745. The molecule has 1 atom stereocenters. The van der Waals surface area contributed by atoms with Gasteiger partial charge in [-0.3, -0.25) is 4.79 Å². The van der Waals surface area contributed by atoms with E-state index in [1.54, 1.807) is 11.8 Å². The molecule has 3 rings (SSSR count). The van der Waals surface area contributed by atoms with Crippen LogP contribution >= 0.6 is 11.8 Å². The molecule has 27 heavy (non-hydrogen) atoms. The number of hydrogen-bond acceptors (Lipinski definition) is 5. The molecule has 1 aromatic rings. The number of carbonyl (C=O) groups excluding carboxylic acids is 1. The maximum Gasteiger partial charge on any atom is 0.233 e. The highest BCUT2D eigenvalue weighted by molar-refractivity contribution is 8.00. The van der Waals surface area contributed by atoms with Gasteiger partial charge in [0.15, 0.2) is 0 Å². The van der Waals surface area contributed by atoms with Crippen LogP contribution in [-0.4, -0.2) is 78.3 Å². The lowest BCUT2D eigenvalue weighted by Gasteiger charge is -2.33. The smallest absolute Gasteiger partial charge is 0.233 e. The van der Waals surface area contributed by atoms with E-state index in [4.69, 9.17) is 4.74 Å². The number of hydrogen-bond donors (Lipinski definition) is 0. The van der Waals surface area contributed by atoms with Crippen molar-refractivity contribution in [2.75, 3.05) is 52.1 Å². The van der Waals surface area contributed by atoms with Gasteiger partial charge in [0.1, 0.15) is 16.7 Å². The number of likely N-dealkylation sites (N-methyl/N-ethyl adjacent to an activating group) is 1. The van der Waals surface area contributed by atoms with Crippen LogP contribution in [0.1, 0.15) is 38.1 Å². The molecule has 0 aromatic heterocycles. The summed E-state index contributed by atoms with van der Waals surface area (Å²) in [6.07, 6.45) is 1.04. The van der Waals surface area contributed by atoms with Crippen LogP contribution < -0.4 is 4.74 Å². The zero-order valence-corrected chi connectivity index (χ0v) is 17.9. The molecule has 0 N–H and O–H groups in total. The van der Waals surface area contributed by atoms with Crippen molar-refractivity contribution < 1.29 is 9.53 Å². The van der Waals surface area contributed by atoms with Crippen LogP contribution in [0.25, 0.3) is 0 Å². The van der Waals surface area contributed by atoms with E-state index in [9.17, 15) is 4.79 Å². The highest BCUT2D eigenvalue weighted by Gasteiger charge is 2.32. The van der Waals surface area contributed by atoms with Crippen molar-refractivity contribution in [2.45, 2.75) is 38.2 Å². The minimum absolute atomic E-state index is 0.133. The highest BCUT2D eigenvalue weighted by Crippen LogP contribution is 2.39. The zero-order valence-electron chi connectivity index (χ0n) is 17.1. The van der Waals surface area contributed by atoms with Gasteiger partial charge in [-0.05, 0) is 58.5 Å². The molecule has 5 nitrogen and oxygen atoms in total. The third kappa shape index (κ3) is 5.87. The average Bonchev–Trinajstić information content (AvgIpc) is 2.97. The van der Waals surface area contributed by atoms with Crippen molar-refractivity contribution >= 4 is 17.7 Å². The standard InChI is InChI=1S/C21H33N3O2S/c1-21(2,3)26-18-8-6-17(7-9-18)20-24(19(25)16-27-20)11-5-10-23-14-12-22(4)13-15-23/h6-9,20H,5,10-16H2,1-4H3. The Bertz CT molecular complexity index is 621. The fourth-order valence-corrected chi connectivity index (χ4v) is 4.78. The molecule has 0 aliphatic carbocycles. The first-order valence-corrected chi connectivity index (χ1v) is 11.0. The number of rotatable bonds is 6. The van der Waals surface area contributed by atoms with Crippen LogP contribution in [-0.2, 0) is 4.79 Å². The number of carbonyl (C=O) groups is 1. The fourth-order valence-electron chi connectivity index (χ4n) is 3.56. The molecule has 2 aliphatic heterocycles. The predicted octanol–water partition coefficient (Wildman–Crippen LogP) is 3.08. The number of thioether (sulfide) groups is 1. The van der Waals surface area contributed by atoms with Gasteiger partial charge in [0.2, 0.25) is 5.91 Å². The summed E-state index contributed by atoms with van der Waals surface area (Å²) in [5, 5.41) is 0.133. The Morgan fingerprint density at radius 2 is 1.74 bits per heavy atom. The number of ether oxygens (including phenoxy) is 1. The second-order valence-electron chi connectivity index (χ2n) is 8.53. The van der Waals surface area contributed by atoms with Crippen molar-refractivity contribution in [1.82, 2.24) is 14.7 Å². The van der Waals surface area contributed by atoms with E-state index in [2.05, 4.69) is 54.7 Å². The monoisotopic (exact) mass is 391 g/mol. The second kappa shape index (κ2) is 8.84. The van der Waals surface area contributed by atoms with E-state index in [0.29, 0.717) is 5.75 Å². The molecule has 0 radical (unpaired) electrons.